The number of phenolic OH excluding ortho intramolecular Hbond substituents is 1. The smallest absolute Gasteiger partial charge is 0.259 e. The number of hydrogen-bond acceptors (Lipinski definition) is 5. The Hall–Kier alpha value is -3.12. The highest BCUT2D eigenvalue weighted by Crippen LogP contribution is 2.40. The summed E-state index contributed by atoms with van der Waals surface area (Å²) in [6.07, 6.45) is 5.80. The molecule has 0 aliphatic heterocycles. The molecule has 2 N–H and O–H groups in total. The van der Waals surface area contributed by atoms with Gasteiger partial charge in [0.2, 0.25) is 0 Å². The number of para-hydroxylation sites is 1. The summed E-state index contributed by atoms with van der Waals surface area (Å²) < 4.78 is 5.08. The second-order valence-corrected chi connectivity index (χ2v) is 7.98. The molecule has 0 saturated carbocycles. The topological polar surface area (TPSA) is 70.9 Å². The van der Waals surface area contributed by atoms with Crippen LogP contribution in [0.15, 0.2) is 53.5 Å². The number of hydrogen-bond donors (Lipinski definition) is 2. The molecular weight excluding hydrogens is 384 g/mol. The summed E-state index contributed by atoms with van der Waals surface area (Å²) in [6, 6.07) is 14.6. The van der Waals surface area contributed by atoms with E-state index in [1.165, 1.54) is 12.0 Å². The number of amides is 1. The quantitative estimate of drug-likeness (QED) is 0.562. The SMILES string of the molecule is COc1ccc(/C=N/c2sc3c(c2C(=O)Nc2ccccc2)CCCC3)cc1O. The molecule has 1 aromatic heterocycles. The molecule has 148 valence electrons. The van der Waals surface area contributed by atoms with Crippen molar-refractivity contribution >= 4 is 34.1 Å². The van der Waals surface area contributed by atoms with Crippen molar-refractivity contribution in [3.8, 4) is 11.5 Å². The third kappa shape index (κ3) is 4.17. The van der Waals surface area contributed by atoms with Gasteiger partial charge in [-0.1, -0.05) is 18.2 Å². The lowest BCUT2D eigenvalue weighted by Crippen LogP contribution is -2.14. The molecule has 2 aromatic carbocycles. The van der Waals surface area contributed by atoms with Crippen LogP contribution in [0.3, 0.4) is 0 Å². The molecule has 0 atom stereocenters. The van der Waals surface area contributed by atoms with E-state index >= 15 is 0 Å². The van der Waals surface area contributed by atoms with E-state index in [1.54, 1.807) is 29.7 Å². The molecular formula is C23H22N2O3S. The number of benzene rings is 2. The minimum Gasteiger partial charge on any atom is -0.504 e. The predicted molar refractivity (Wildman–Crippen MR) is 117 cm³/mol. The van der Waals surface area contributed by atoms with Crippen molar-refractivity contribution in [3.05, 3.63) is 70.1 Å². The monoisotopic (exact) mass is 406 g/mol. The van der Waals surface area contributed by atoms with Crippen molar-refractivity contribution in [1.29, 1.82) is 0 Å². The lowest BCUT2D eigenvalue weighted by molar-refractivity contribution is 0.102. The molecule has 1 aliphatic carbocycles. The lowest BCUT2D eigenvalue weighted by atomic mass is 9.95. The van der Waals surface area contributed by atoms with Crippen molar-refractivity contribution in [2.24, 2.45) is 4.99 Å². The molecule has 0 spiro atoms. The number of ether oxygens (including phenoxy) is 1. The van der Waals surface area contributed by atoms with E-state index in [0.29, 0.717) is 16.3 Å². The normalized spacial score (nSPS) is 13.3. The van der Waals surface area contributed by atoms with Crippen molar-refractivity contribution in [2.75, 3.05) is 12.4 Å². The summed E-state index contributed by atoms with van der Waals surface area (Å²) in [6.45, 7) is 0. The Labute approximate surface area is 173 Å². The number of carbonyl (C=O) groups is 1. The lowest BCUT2D eigenvalue weighted by Gasteiger charge is -2.12. The van der Waals surface area contributed by atoms with E-state index in [2.05, 4.69) is 10.3 Å². The number of nitrogens with one attached hydrogen (secondary N) is 1. The Morgan fingerprint density at radius 2 is 1.97 bits per heavy atom. The van der Waals surface area contributed by atoms with E-state index in [1.807, 2.05) is 36.4 Å². The standard InChI is InChI=1S/C23H22N2O3S/c1-28-19-12-11-15(13-18(19)26)14-24-23-21(17-9-5-6-10-20(17)29-23)22(27)25-16-7-3-2-4-8-16/h2-4,7-8,11-14,26H,5-6,9-10H2,1H3,(H,25,27)/b24-14+. The number of anilines is 1. The van der Waals surface area contributed by atoms with Gasteiger partial charge in [-0.2, -0.15) is 0 Å². The van der Waals surface area contributed by atoms with E-state index < -0.39 is 0 Å². The average molecular weight is 407 g/mol. The maximum atomic E-state index is 13.1. The zero-order valence-corrected chi connectivity index (χ0v) is 17.0. The summed E-state index contributed by atoms with van der Waals surface area (Å²) in [5.41, 5.74) is 3.30. The number of aliphatic imine (C=N–C) groups is 1. The highest BCUT2D eigenvalue weighted by molar-refractivity contribution is 7.16. The maximum Gasteiger partial charge on any atom is 0.259 e. The highest BCUT2D eigenvalue weighted by atomic mass is 32.1. The number of aromatic hydroxyl groups is 1. The molecule has 0 bridgehead atoms. The summed E-state index contributed by atoms with van der Waals surface area (Å²) in [4.78, 5) is 19.0. The average Bonchev–Trinajstić information content (AvgIpc) is 3.11. The molecule has 5 nitrogen and oxygen atoms in total. The molecule has 29 heavy (non-hydrogen) atoms. The molecule has 1 aliphatic rings. The number of rotatable bonds is 5. The van der Waals surface area contributed by atoms with Gasteiger partial charge >= 0.3 is 0 Å². The van der Waals surface area contributed by atoms with Crippen molar-refractivity contribution < 1.29 is 14.6 Å². The van der Waals surface area contributed by atoms with Crippen LogP contribution in [0.4, 0.5) is 10.7 Å². The molecule has 4 rings (SSSR count). The molecule has 6 heteroatoms. The Kier molecular flexibility index (Phi) is 5.62. The van der Waals surface area contributed by atoms with Crippen molar-refractivity contribution in [3.63, 3.8) is 0 Å². The Balaban J connectivity index is 1.67. The van der Waals surface area contributed by atoms with Gasteiger partial charge in [-0.15, -0.1) is 11.3 Å². The Morgan fingerprint density at radius 3 is 2.72 bits per heavy atom. The summed E-state index contributed by atoms with van der Waals surface area (Å²) in [7, 11) is 1.51. The summed E-state index contributed by atoms with van der Waals surface area (Å²) in [5.74, 6) is 0.348. The van der Waals surface area contributed by atoms with Crippen LogP contribution < -0.4 is 10.1 Å². The fraction of sp³-hybridized carbons (Fsp3) is 0.217. The molecule has 1 heterocycles. The van der Waals surface area contributed by atoms with Gasteiger partial charge in [0.15, 0.2) is 11.5 Å². The first-order chi connectivity index (χ1) is 14.2. The van der Waals surface area contributed by atoms with Crippen LogP contribution in [0, 0.1) is 0 Å². The van der Waals surface area contributed by atoms with Crippen LogP contribution in [0.5, 0.6) is 11.5 Å². The second kappa shape index (κ2) is 8.49. The molecule has 0 saturated heterocycles. The minimum atomic E-state index is -0.125. The van der Waals surface area contributed by atoms with Gasteiger partial charge in [0.05, 0.1) is 12.7 Å². The van der Waals surface area contributed by atoms with Gasteiger partial charge in [-0.05, 0) is 67.1 Å². The number of carbonyl (C=O) groups excluding carboxylic acids is 1. The molecule has 0 fully saturated rings. The van der Waals surface area contributed by atoms with E-state index in [-0.39, 0.29) is 11.7 Å². The largest absolute Gasteiger partial charge is 0.504 e. The fourth-order valence-corrected chi connectivity index (χ4v) is 4.74. The minimum absolute atomic E-state index is 0.0592. The van der Waals surface area contributed by atoms with Crippen molar-refractivity contribution in [1.82, 2.24) is 0 Å². The number of phenols is 1. The zero-order chi connectivity index (χ0) is 20.2. The molecule has 0 unspecified atom stereocenters. The van der Waals surface area contributed by atoms with E-state index in [0.717, 1.165) is 42.5 Å². The number of fused-ring (bicyclic) bond motifs is 1. The van der Waals surface area contributed by atoms with Crippen molar-refractivity contribution in [2.45, 2.75) is 25.7 Å². The van der Waals surface area contributed by atoms with E-state index in [4.69, 9.17) is 4.74 Å². The van der Waals surface area contributed by atoms with Gasteiger partial charge in [0.1, 0.15) is 5.00 Å². The molecule has 0 radical (unpaired) electrons. The first-order valence-electron chi connectivity index (χ1n) is 9.57. The summed E-state index contributed by atoms with van der Waals surface area (Å²) >= 11 is 1.59. The Bertz CT molecular complexity index is 1060. The third-order valence-electron chi connectivity index (χ3n) is 4.95. The first-order valence-corrected chi connectivity index (χ1v) is 10.4. The highest BCUT2D eigenvalue weighted by Gasteiger charge is 2.25. The zero-order valence-electron chi connectivity index (χ0n) is 16.1. The molecule has 1 amide bonds. The third-order valence-corrected chi connectivity index (χ3v) is 6.15. The number of nitrogens with zero attached hydrogens (tertiary/aromatic N) is 1. The summed E-state index contributed by atoms with van der Waals surface area (Å²) in [5, 5.41) is 13.7. The number of methoxy groups -OCH3 is 1. The van der Waals surface area contributed by atoms with E-state index in [9.17, 15) is 9.90 Å². The van der Waals surface area contributed by atoms with Crippen LogP contribution in [-0.4, -0.2) is 24.3 Å². The Morgan fingerprint density at radius 1 is 1.17 bits per heavy atom. The van der Waals surface area contributed by atoms with Gasteiger partial charge in [-0.25, -0.2) is 4.99 Å². The van der Waals surface area contributed by atoms with Crippen LogP contribution in [0.2, 0.25) is 0 Å². The predicted octanol–water partition coefficient (Wildman–Crippen LogP) is 5.34. The second-order valence-electron chi connectivity index (χ2n) is 6.90. The maximum absolute atomic E-state index is 13.1. The van der Waals surface area contributed by atoms with Gasteiger partial charge in [0, 0.05) is 16.8 Å². The first kappa shape index (κ1) is 19.2. The van der Waals surface area contributed by atoms with Crippen LogP contribution in [0.1, 0.15) is 39.2 Å². The van der Waals surface area contributed by atoms with Gasteiger partial charge in [0.25, 0.3) is 5.91 Å². The molecule has 3 aromatic rings. The van der Waals surface area contributed by atoms with Gasteiger partial charge in [-0.3, -0.25) is 4.79 Å². The van der Waals surface area contributed by atoms with Crippen LogP contribution in [-0.2, 0) is 12.8 Å². The number of thiophene rings is 1. The van der Waals surface area contributed by atoms with Gasteiger partial charge < -0.3 is 15.2 Å². The number of aryl methyl sites for hydroxylation is 1. The fourth-order valence-electron chi connectivity index (χ4n) is 3.51. The van der Waals surface area contributed by atoms with Crippen LogP contribution in [0.25, 0.3) is 0 Å². The van der Waals surface area contributed by atoms with Crippen LogP contribution >= 0.6 is 11.3 Å².